The number of methoxy groups -OCH3 is 2. The highest BCUT2D eigenvalue weighted by Gasteiger charge is 2.31. The standard InChI is InChI=1S/C24H27N3O4/c1-26-19-11-10-17(30-2)15-18(19)22(27-14-6-9-21(27)28)23(26)24(29)25-13-12-16-7-4-5-8-20(16)31-3/h4-5,7-8,10-11,15H,6,9,12-14H2,1-3H3,(H,25,29). The van der Waals surface area contributed by atoms with E-state index in [0.717, 1.165) is 28.6 Å². The average molecular weight is 421 g/mol. The van der Waals surface area contributed by atoms with Crippen LogP contribution in [0, 0.1) is 0 Å². The third kappa shape index (κ3) is 3.83. The molecule has 7 heteroatoms. The first kappa shape index (κ1) is 20.8. The fourth-order valence-electron chi connectivity index (χ4n) is 4.25. The molecule has 1 aliphatic heterocycles. The Morgan fingerprint density at radius 1 is 1.13 bits per heavy atom. The number of nitrogens with zero attached hydrogens (tertiary/aromatic N) is 2. The van der Waals surface area contributed by atoms with Crippen LogP contribution in [0.1, 0.15) is 28.9 Å². The number of carbonyl (C=O) groups excluding carboxylic acids is 2. The van der Waals surface area contributed by atoms with Crippen LogP contribution in [0.5, 0.6) is 11.5 Å². The van der Waals surface area contributed by atoms with Crippen molar-refractivity contribution in [2.24, 2.45) is 7.05 Å². The highest BCUT2D eigenvalue weighted by atomic mass is 16.5. The van der Waals surface area contributed by atoms with Gasteiger partial charge in [-0.1, -0.05) is 18.2 Å². The molecule has 0 atom stereocenters. The van der Waals surface area contributed by atoms with E-state index in [1.807, 2.05) is 54.1 Å². The van der Waals surface area contributed by atoms with Crippen molar-refractivity contribution < 1.29 is 19.1 Å². The van der Waals surface area contributed by atoms with Gasteiger partial charge in [-0.25, -0.2) is 0 Å². The van der Waals surface area contributed by atoms with Crippen LogP contribution < -0.4 is 19.7 Å². The molecule has 0 unspecified atom stereocenters. The van der Waals surface area contributed by atoms with Crippen molar-refractivity contribution in [2.75, 3.05) is 32.2 Å². The number of hydrogen-bond acceptors (Lipinski definition) is 4. The number of benzene rings is 2. The Bertz CT molecular complexity index is 1140. The van der Waals surface area contributed by atoms with Crippen LogP contribution in [-0.2, 0) is 18.3 Å². The molecule has 7 nitrogen and oxygen atoms in total. The number of amides is 2. The largest absolute Gasteiger partial charge is 0.497 e. The summed E-state index contributed by atoms with van der Waals surface area (Å²) in [5.74, 6) is 1.33. The molecule has 1 N–H and O–H groups in total. The molecule has 0 spiro atoms. The van der Waals surface area contributed by atoms with Gasteiger partial charge in [0.25, 0.3) is 5.91 Å². The molecule has 1 aliphatic rings. The van der Waals surface area contributed by atoms with Gasteiger partial charge in [0.2, 0.25) is 5.91 Å². The van der Waals surface area contributed by atoms with Gasteiger partial charge >= 0.3 is 0 Å². The Morgan fingerprint density at radius 3 is 2.65 bits per heavy atom. The van der Waals surface area contributed by atoms with E-state index in [9.17, 15) is 9.59 Å². The second-order valence-corrected chi connectivity index (χ2v) is 7.61. The third-order valence-corrected chi connectivity index (χ3v) is 5.81. The fraction of sp³-hybridized carbons (Fsp3) is 0.333. The number of fused-ring (bicyclic) bond motifs is 1. The average Bonchev–Trinajstić information content (AvgIpc) is 3.33. The van der Waals surface area contributed by atoms with Crippen LogP contribution in [0.4, 0.5) is 5.69 Å². The minimum atomic E-state index is -0.206. The molecule has 0 aliphatic carbocycles. The van der Waals surface area contributed by atoms with Crippen LogP contribution in [-0.4, -0.2) is 43.7 Å². The normalized spacial score (nSPS) is 13.6. The quantitative estimate of drug-likeness (QED) is 0.635. The molecule has 1 fully saturated rings. The highest BCUT2D eigenvalue weighted by molar-refractivity contribution is 6.14. The Balaban J connectivity index is 1.66. The Kier molecular flexibility index (Phi) is 5.84. The Morgan fingerprint density at radius 2 is 1.94 bits per heavy atom. The smallest absolute Gasteiger partial charge is 0.270 e. The minimum Gasteiger partial charge on any atom is -0.497 e. The maximum Gasteiger partial charge on any atom is 0.270 e. The third-order valence-electron chi connectivity index (χ3n) is 5.81. The zero-order valence-corrected chi connectivity index (χ0v) is 18.1. The first-order valence-electron chi connectivity index (χ1n) is 10.4. The molecule has 2 amide bonds. The number of aromatic nitrogens is 1. The lowest BCUT2D eigenvalue weighted by Gasteiger charge is -2.18. The molecule has 0 saturated carbocycles. The Labute approximate surface area is 181 Å². The number of aryl methyl sites for hydroxylation is 1. The molecule has 2 heterocycles. The zero-order valence-electron chi connectivity index (χ0n) is 18.1. The summed E-state index contributed by atoms with van der Waals surface area (Å²) in [7, 11) is 5.10. The molecule has 3 aromatic rings. The molecule has 1 aromatic heterocycles. The molecular formula is C24H27N3O4. The molecule has 162 valence electrons. The van der Waals surface area contributed by atoms with E-state index in [-0.39, 0.29) is 11.8 Å². The maximum absolute atomic E-state index is 13.3. The molecular weight excluding hydrogens is 394 g/mol. The fourth-order valence-corrected chi connectivity index (χ4v) is 4.25. The van der Waals surface area contributed by atoms with Crippen molar-refractivity contribution in [3.8, 4) is 11.5 Å². The number of hydrogen-bond donors (Lipinski definition) is 1. The van der Waals surface area contributed by atoms with Crippen molar-refractivity contribution in [1.29, 1.82) is 0 Å². The van der Waals surface area contributed by atoms with Gasteiger partial charge in [0.05, 0.1) is 25.4 Å². The van der Waals surface area contributed by atoms with Crippen LogP contribution >= 0.6 is 0 Å². The van der Waals surface area contributed by atoms with Gasteiger partial charge in [-0.05, 0) is 42.7 Å². The van der Waals surface area contributed by atoms with E-state index in [4.69, 9.17) is 9.47 Å². The van der Waals surface area contributed by atoms with Gasteiger partial charge in [-0.2, -0.15) is 0 Å². The first-order valence-corrected chi connectivity index (χ1v) is 10.4. The van der Waals surface area contributed by atoms with Crippen molar-refractivity contribution >= 4 is 28.4 Å². The van der Waals surface area contributed by atoms with Crippen molar-refractivity contribution in [3.63, 3.8) is 0 Å². The van der Waals surface area contributed by atoms with Gasteiger partial charge < -0.3 is 24.3 Å². The second kappa shape index (κ2) is 8.71. The predicted molar refractivity (Wildman–Crippen MR) is 120 cm³/mol. The first-order chi connectivity index (χ1) is 15.0. The maximum atomic E-state index is 13.3. The summed E-state index contributed by atoms with van der Waals surface area (Å²) in [5, 5.41) is 3.86. The van der Waals surface area contributed by atoms with Crippen LogP contribution in [0.15, 0.2) is 42.5 Å². The van der Waals surface area contributed by atoms with Crippen molar-refractivity contribution in [1.82, 2.24) is 9.88 Å². The van der Waals surface area contributed by atoms with Crippen LogP contribution in [0.25, 0.3) is 10.9 Å². The molecule has 0 radical (unpaired) electrons. The molecule has 0 bridgehead atoms. The van der Waals surface area contributed by atoms with Crippen molar-refractivity contribution in [3.05, 3.63) is 53.7 Å². The van der Waals surface area contributed by atoms with Gasteiger partial charge in [0.15, 0.2) is 0 Å². The minimum absolute atomic E-state index is 0.0402. The highest BCUT2D eigenvalue weighted by Crippen LogP contribution is 2.37. The number of para-hydroxylation sites is 1. The van der Waals surface area contributed by atoms with E-state index in [1.165, 1.54) is 0 Å². The molecule has 2 aromatic carbocycles. The van der Waals surface area contributed by atoms with E-state index in [0.29, 0.717) is 43.1 Å². The summed E-state index contributed by atoms with van der Waals surface area (Å²) in [6.07, 6.45) is 1.93. The summed E-state index contributed by atoms with van der Waals surface area (Å²) in [6, 6.07) is 13.4. The topological polar surface area (TPSA) is 72.8 Å². The lowest BCUT2D eigenvalue weighted by Crippen LogP contribution is -2.31. The molecule has 31 heavy (non-hydrogen) atoms. The summed E-state index contributed by atoms with van der Waals surface area (Å²) in [4.78, 5) is 27.6. The number of nitrogens with one attached hydrogen (secondary N) is 1. The predicted octanol–water partition coefficient (Wildman–Crippen LogP) is 3.29. The molecule has 4 rings (SSSR count). The number of rotatable bonds is 7. The van der Waals surface area contributed by atoms with E-state index in [1.54, 1.807) is 19.1 Å². The van der Waals surface area contributed by atoms with Gasteiger partial charge in [0, 0.05) is 31.9 Å². The number of anilines is 1. The van der Waals surface area contributed by atoms with E-state index >= 15 is 0 Å². The lowest BCUT2D eigenvalue weighted by atomic mass is 10.1. The number of ether oxygens (including phenoxy) is 2. The summed E-state index contributed by atoms with van der Waals surface area (Å²) < 4.78 is 12.6. The van der Waals surface area contributed by atoms with Gasteiger partial charge in [-0.15, -0.1) is 0 Å². The monoisotopic (exact) mass is 421 g/mol. The van der Waals surface area contributed by atoms with E-state index < -0.39 is 0 Å². The SMILES string of the molecule is COc1ccc2c(c1)c(N1CCCC1=O)c(C(=O)NCCc1ccccc1OC)n2C. The lowest BCUT2D eigenvalue weighted by molar-refractivity contribution is -0.117. The number of carbonyl (C=O) groups is 2. The van der Waals surface area contributed by atoms with Crippen LogP contribution in [0.2, 0.25) is 0 Å². The van der Waals surface area contributed by atoms with Gasteiger partial charge in [-0.3, -0.25) is 9.59 Å². The second-order valence-electron chi connectivity index (χ2n) is 7.61. The van der Waals surface area contributed by atoms with E-state index in [2.05, 4.69) is 5.32 Å². The Hall–Kier alpha value is -3.48. The summed E-state index contributed by atoms with van der Waals surface area (Å²) in [5.41, 5.74) is 3.06. The summed E-state index contributed by atoms with van der Waals surface area (Å²) in [6.45, 7) is 1.06. The zero-order chi connectivity index (χ0) is 22.0. The van der Waals surface area contributed by atoms with Crippen molar-refractivity contribution in [2.45, 2.75) is 19.3 Å². The summed E-state index contributed by atoms with van der Waals surface area (Å²) >= 11 is 0. The van der Waals surface area contributed by atoms with Gasteiger partial charge in [0.1, 0.15) is 17.2 Å². The molecule has 1 saturated heterocycles. The van der Waals surface area contributed by atoms with Crippen LogP contribution in [0.3, 0.4) is 0 Å².